The molecular weight excluding hydrogens is 400 g/mol. The quantitative estimate of drug-likeness (QED) is 0.556. The van der Waals surface area contributed by atoms with Gasteiger partial charge in [0.1, 0.15) is 0 Å². The van der Waals surface area contributed by atoms with E-state index in [1.54, 1.807) is 0 Å². The largest absolute Gasteiger partial charge is 0.465 e. The number of β-amino-alcohol motifs (C(OH)–C–C–N with tert-alkyl or cyclic N) is 1. The minimum atomic E-state index is -0.632. The van der Waals surface area contributed by atoms with Crippen LogP contribution in [-0.4, -0.2) is 52.9 Å². The van der Waals surface area contributed by atoms with Crippen LogP contribution in [0.4, 0.5) is 0 Å². The Morgan fingerprint density at radius 2 is 1.78 bits per heavy atom. The van der Waals surface area contributed by atoms with Crippen molar-refractivity contribution in [2.24, 2.45) is 5.92 Å². The van der Waals surface area contributed by atoms with E-state index in [0.29, 0.717) is 11.5 Å². The normalized spacial score (nSPS) is 15.9. The van der Waals surface area contributed by atoms with Crippen LogP contribution in [0.3, 0.4) is 0 Å². The van der Waals surface area contributed by atoms with Crippen LogP contribution in [0.2, 0.25) is 0 Å². The fourth-order valence-electron chi connectivity index (χ4n) is 4.86. The summed E-state index contributed by atoms with van der Waals surface area (Å²) in [6, 6.07) is 16.3. The van der Waals surface area contributed by atoms with Crippen molar-refractivity contribution in [1.82, 2.24) is 9.47 Å². The van der Waals surface area contributed by atoms with Crippen molar-refractivity contribution in [2.45, 2.75) is 45.3 Å². The smallest absolute Gasteiger partial charge is 0.337 e. The number of piperidine rings is 1. The Bertz CT molecular complexity index is 1050. The van der Waals surface area contributed by atoms with Crippen molar-refractivity contribution in [3.63, 3.8) is 0 Å². The number of methoxy groups -OCH3 is 1. The fraction of sp³-hybridized carbons (Fsp3) is 0.444. The Labute approximate surface area is 190 Å². The first-order valence-electron chi connectivity index (χ1n) is 11.5. The van der Waals surface area contributed by atoms with Crippen LogP contribution in [0.15, 0.2) is 54.7 Å². The molecule has 0 atom stereocenters. The van der Waals surface area contributed by atoms with Gasteiger partial charge in [0.05, 0.1) is 18.3 Å². The SMILES string of the molecule is COC(=O)c1ccc(Cc2cn(CC3CCN(CC(C)(C)O)CC3)c3ccccc23)cc1. The summed E-state index contributed by atoms with van der Waals surface area (Å²) in [7, 11) is 1.41. The molecule has 4 rings (SSSR count). The van der Waals surface area contributed by atoms with Crippen LogP contribution >= 0.6 is 0 Å². The van der Waals surface area contributed by atoms with E-state index in [1.807, 2.05) is 38.1 Å². The van der Waals surface area contributed by atoms with Gasteiger partial charge in [0, 0.05) is 30.2 Å². The number of rotatable bonds is 7. The molecule has 0 unspecified atom stereocenters. The molecule has 1 saturated heterocycles. The van der Waals surface area contributed by atoms with Gasteiger partial charge in [-0.25, -0.2) is 4.79 Å². The van der Waals surface area contributed by atoms with E-state index in [9.17, 15) is 9.90 Å². The Hall–Kier alpha value is -2.63. The first-order valence-corrected chi connectivity index (χ1v) is 11.5. The van der Waals surface area contributed by atoms with Gasteiger partial charge < -0.3 is 19.3 Å². The molecule has 5 nitrogen and oxygen atoms in total. The minimum Gasteiger partial charge on any atom is -0.465 e. The third-order valence-electron chi connectivity index (χ3n) is 6.41. The number of aromatic nitrogens is 1. The summed E-state index contributed by atoms with van der Waals surface area (Å²) >= 11 is 0. The van der Waals surface area contributed by atoms with Gasteiger partial charge in [0.25, 0.3) is 0 Å². The predicted molar refractivity (Wildman–Crippen MR) is 128 cm³/mol. The van der Waals surface area contributed by atoms with Gasteiger partial charge in [-0.2, -0.15) is 0 Å². The first kappa shape index (κ1) is 22.6. The number of esters is 1. The topological polar surface area (TPSA) is 54.7 Å². The Kier molecular flexibility index (Phi) is 6.68. The Balaban J connectivity index is 1.47. The lowest BCUT2D eigenvalue weighted by atomic mass is 9.95. The predicted octanol–water partition coefficient (Wildman–Crippen LogP) is 4.50. The first-order chi connectivity index (χ1) is 15.3. The summed E-state index contributed by atoms with van der Waals surface area (Å²) < 4.78 is 7.22. The second-order valence-electron chi connectivity index (χ2n) is 9.72. The molecule has 0 saturated carbocycles. The average molecular weight is 435 g/mol. The molecule has 1 N–H and O–H groups in total. The monoisotopic (exact) mass is 434 g/mol. The maximum Gasteiger partial charge on any atom is 0.337 e. The summed E-state index contributed by atoms with van der Waals surface area (Å²) in [5, 5.41) is 11.4. The highest BCUT2D eigenvalue weighted by molar-refractivity contribution is 5.89. The number of ether oxygens (including phenoxy) is 1. The van der Waals surface area contributed by atoms with E-state index in [-0.39, 0.29) is 5.97 Å². The van der Waals surface area contributed by atoms with Crippen LogP contribution < -0.4 is 0 Å². The molecule has 32 heavy (non-hydrogen) atoms. The number of fused-ring (bicyclic) bond motifs is 1. The van der Waals surface area contributed by atoms with Crippen LogP contribution in [0.5, 0.6) is 0 Å². The van der Waals surface area contributed by atoms with Crippen LogP contribution in [0.1, 0.15) is 48.2 Å². The second kappa shape index (κ2) is 9.47. The summed E-state index contributed by atoms with van der Waals surface area (Å²) in [5.74, 6) is 0.345. The molecule has 1 aliphatic rings. The molecule has 5 heteroatoms. The van der Waals surface area contributed by atoms with E-state index in [2.05, 4.69) is 39.9 Å². The van der Waals surface area contributed by atoms with Crippen molar-refractivity contribution in [3.05, 3.63) is 71.4 Å². The molecule has 0 amide bonds. The Morgan fingerprint density at radius 1 is 1.09 bits per heavy atom. The van der Waals surface area contributed by atoms with Crippen molar-refractivity contribution < 1.29 is 14.6 Å². The number of carbonyl (C=O) groups excluding carboxylic acids is 1. The molecule has 2 aromatic carbocycles. The van der Waals surface area contributed by atoms with Gasteiger partial charge in [0.15, 0.2) is 0 Å². The lowest BCUT2D eigenvalue weighted by Gasteiger charge is -2.35. The molecule has 0 bridgehead atoms. The molecule has 1 fully saturated rings. The van der Waals surface area contributed by atoms with Crippen LogP contribution in [0, 0.1) is 5.92 Å². The number of aliphatic hydroxyl groups is 1. The molecular formula is C27H34N2O3. The molecule has 1 aliphatic heterocycles. The van der Waals surface area contributed by atoms with Gasteiger partial charge in [-0.1, -0.05) is 30.3 Å². The fourth-order valence-corrected chi connectivity index (χ4v) is 4.86. The summed E-state index contributed by atoms with van der Waals surface area (Å²) in [4.78, 5) is 14.1. The lowest BCUT2D eigenvalue weighted by Crippen LogP contribution is -2.43. The van der Waals surface area contributed by atoms with Crippen molar-refractivity contribution >= 4 is 16.9 Å². The molecule has 0 radical (unpaired) electrons. The highest BCUT2D eigenvalue weighted by Crippen LogP contribution is 2.27. The van der Waals surface area contributed by atoms with Gasteiger partial charge in [-0.05, 0) is 81.4 Å². The number of benzene rings is 2. The van der Waals surface area contributed by atoms with Crippen LogP contribution in [-0.2, 0) is 17.7 Å². The maximum absolute atomic E-state index is 11.7. The molecule has 170 valence electrons. The van der Waals surface area contributed by atoms with E-state index in [0.717, 1.165) is 45.4 Å². The average Bonchev–Trinajstić information content (AvgIpc) is 3.11. The number of nitrogens with zero attached hydrogens (tertiary/aromatic N) is 2. The van der Waals surface area contributed by atoms with Crippen LogP contribution in [0.25, 0.3) is 10.9 Å². The zero-order chi connectivity index (χ0) is 22.7. The zero-order valence-corrected chi connectivity index (χ0v) is 19.4. The highest BCUT2D eigenvalue weighted by Gasteiger charge is 2.24. The summed E-state index contributed by atoms with van der Waals surface area (Å²) in [5.41, 5.74) is 3.72. The van der Waals surface area contributed by atoms with Gasteiger partial charge in [0.2, 0.25) is 0 Å². The molecule has 3 aromatic rings. The molecule has 0 spiro atoms. The van der Waals surface area contributed by atoms with E-state index >= 15 is 0 Å². The minimum absolute atomic E-state index is 0.304. The van der Waals surface area contributed by atoms with Crippen molar-refractivity contribution in [1.29, 1.82) is 0 Å². The third-order valence-corrected chi connectivity index (χ3v) is 6.41. The van der Waals surface area contributed by atoms with E-state index in [1.165, 1.54) is 29.1 Å². The van der Waals surface area contributed by atoms with Gasteiger partial charge in [-0.15, -0.1) is 0 Å². The Morgan fingerprint density at radius 3 is 2.44 bits per heavy atom. The van der Waals surface area contributed by atoms with Crippen molar-refractivity contribution in [3.8, 4) is 0 Å². The molecule has 1 aromatic heterocycles. The standard InChI is InChI=1S/C27H34N2O3/c1-27(2,31)19-28-14-12-21(13-15-28)17-29-18-23(24-6-4-5-7-25(24)29)16-20-8-10-22(11-9-20)26(30)32-3/h4-11,18,21,31H,12-17,19H2,1-3H3. The maximum atomic E-state index is 11.7. The number of likely N-dealkylation sites (tertiary alicyclic amines) is 1. The summed E-state index contributed by atoms with van der Waals surface area (Å²) in [6.07, 6.45) is 5.46. The van der Waals surface area contributed by atoms with E-state index in [4.69, 9.17) is 4.74 Å². The highest BCUT2D eigenvalue weighted by atomic mass is 16.5. The number of para-hydroxylation sites is 1. The molecule has 0 aliphatic carbocycles. The lowest BCUT2D eigenvalue weighted by molar-refractivity contribution is 0.0235. The van der Waals surface area contributed by atoms with Gasteiger partial charge in [-0.3, -0.25) is 0 Å². The third kappa shape index (κ3) is 5.40. The number of carbonyl (C=O) groups is 1. The van der Waals surface area contributed by atoms with Crippen molar-refractivity contribution in [2.75, 3.05) is 26.7 Å². The van der Waals surface area contributed by atoms with Gasteiger partial charge >= 0.3 is 5.97 Å². The number of hydrogen-bond acceptors (Lipinski definition) is 4. The second-order valence-corrected chi connectivity index (χ2v) is 9.72. The zero-order valence-electron chi connectivity index (χ0n) is 19.4. The number of hydrogen-bond donors (Lipinski definition) is 1. The van der Waals surface area contributed by atoms with E-state index < -0.39 is 5.60 Å². The molecule has 2 heterocycles. The summed E-state index contributed by atoms with van der Waals surface area (Å²) in [6.45, 7) is 7.63.